The van der Waals surface area contributed by atoms with E-state index in [0.29, 0.717) is 12.2 Å². The van der Waals surface area contributed by atoms with Gasteiger partial charge >= 0.3 is 6.03 Å². The van der Waals surface area contributed by atoms with Crippen LogP contribution in [0.1, 0.15) is 10.6 Å². The molecule has 1 heterocycles. The monoisotopic (exact) mass is 341 g/mol. The Kier molecular flexibility index (Phi) is 4.86. The van der Waals surface area contributed by atoms with Crippen LogP contribution in [0.15, 0.2) is 53.9 Å². The Bertz CT molecular complexity index is 828. The van der Waals surface area contributed by atoms with E-state index in [-0.39, 0.29) is 11.8 Å². The van der Waals surface area contributed by atoms with Crippen LogP contribution in [-0.4, -0.2) is 11.0 Å². The van der Waals surface area contributed by atoms with Crippen LogP contribution < -0.4 is 10.6 Å². The molecule has 3 aromatic rings. The number of urea groups is 1. The van der Waals surface area contributed by atoms with Crippen LogP contribution in [0.2, 0.25) is 0 Å². The molecule has 0 radical (unpaired) electrons. The van der Waals surface area contributed by atoms with Crippen molar-refractivity contribution in [3.05, 3.63) is 70.3 Å². The lowest BCUT2D eigenvalue weighted by Crippen LogP contribution is -2.28. The van der Waals surface area contributed by atoms with Gasteiger partial charge in [-0.3, -0.25) is 0 Å². The predicted molar refractivity (Wildman–Crippen MR) is 94.5 cm³/mol. The lowest BCUT2D eigenvalue weighted by atomic mass is 10.1. The molecule has 0 spiro atoms. The molecule has 2 N–H and O–H groups in total. The van der Waals surface area contributed by atoms with Crippen LogP contribution >= 0.6 is 11.3 Å². The predicted octanol–water partition coefficient (Wildman–Crippen LogP) is 4.58. The van der Waals surface area contributed by atoms with Crippen LogP contribution in [0.5, 0.6) is 0 Å². The fraction of sp³-hybridized carbons (Fsp3) is 0.111. The highest BCUT2D eigenvalue weighted by Gasteiger charge is 2.04. The van der Waals surface area contributed by atoms with Gasteiger partial charge in [-0.15, -0.1) is 11.3 Å². The van der Waals surface area contributed by atoms with E-state index in [1.54, 1.807) is 11.3 Å². The zero-order valence-electron chi connectivity index (χ0n) is 13.0. The third-order valence-corrected chi connectivity index (χ3v) is 4.20. The van der Waals surface area contributed by atoms with Crippen molar-refractivity contribution in [1.82, 2.24) is 10.3 Å². The van der Waals surface area contributed by atoms with Gasteiger partial charge in [0.2, 0.25) is 0 Å². The third kappa shape index (κ3) is 4.17. The number of nitrogens with zero attached hydrogens (tertiary/aromatic N) is 1. The van der Waals surface area contributed by atoms with Crippen molar-refractivity contribution < 1.29 is 9.18 Å². The first kappa shape index (κ1) is 16.1. The molecule has 2 aromatic carbocycles. The zero-order valence-corrected chi connectivity index (χ0v) is 13.9. The SMILES string of the molecule is Cc1nc(-c2ccc(CNC(=O)Nc3ccc(F)cc3)cc2)cs1. The molecule has 2 amide bonds. The zero-order chi connectivity index (χ0) is 16.9. The molecule has 0 aliphatic heterocycles. The van der Waals surface area contributed by atoms with Gasteiger partial charge in [0.15, 0.2) is 0 Å². The largest absolute Gasteiger partial charge is 0.334 e. The fourth-order valence-corrected chi connectivity index (χ4v) is 2.80. The third-order valence-electron chi connectivity index (χ3n) is 3.42. The number of carbonyl (C=O) groups excluding carboxylic acids is 1. The maximum atomic E-state index is 12.8. The van der Waals surface area contributed by atoms with Gasteiger partial charge in [0.25, 0.3) is 0 Å². The first-order valence-corrected chi connectivity index (χ1v) is 8.30. The van der Waals surface area contributed by atoms with Crippen LogP contribution in [0.4, 0.5) is 14.9 Å². The summed E-state index contributed by atoms with van der Waals surface area (Å²) in [5.74, 6) is -0.337. The van der Waals surface area contributed by atoms with E-state index >= 15 is 0 Å². The molecule has 0 fully saturated rings. The Hall–Kier alpha value is -2.73. The molecule has 1 aromatic heterocycles. The van der Waals surface area contributed by atoms with E-state index < -0.39 is 0 Å². The van der Waals surface area contributed by atoms with Crippen molar-refractivity contribution in [2.24, 2.45) is 0 Å². The van der Waals surface area contributed by atoms with Crippen molar-refractivity contribution in [2.45, 2.75) is 13.5 Å². The molecule has 0 atom stereocenters. The summed E-state index contributed by atoms with van der Waals surface area (Å²) in [7, 11) is 0. The maximum Gasteiger partial charge on any atom is 0.319 e. The molecule has 4 nitrogen and oxygen atoms in total. The Balaban J connectivity index is 1.54. The summed E-state index contributed by atoms with van der Waals surface area (Å²) in [5, 5.41) is 8.48. The molecule has 0 aliphatic rings. The quantitative estimate of drug-likeness (QED) is 0.730. The van der Waals surface area contributed by atoms with Crippen LogP contribution in [0, 0.1) is 12.7 Å². The summed E-state index contributed by atoms with van der Waals surface area (Å²) in [6.07, 6.45) is 0. The summed E-state index contributed by atoms with van der Waals surface area (Å²) in [4.78, 5) is 16.3. The van der Waals surface area contributed by atoms with Gasteiger partial charge in [-0.1, -0.05) is 24.3 Å². The molecule has 0 saturated heterocycles. The first-order valence-electron chi connectivity index (χ1n) is 7.42. The second-order valence-electron chi connectivity index (χ2n) is 5.26. The Morgan fingerprint density at radius 1 is 1.12 bits per heavy atom. The minimum atomic E-state index is -0.337. The molecule has 6 heteroatoms. The van der Waals surface area contributed by atoms with Gasteiger partial charge in [-0.05, 0) is 36.8 Å². The number of thiazole rings is 1. The van der Waals surface area contributed by atoms with Crippen molar-refractivity contribution >= 4 is 23.1 Å². The topological polar surface area (TPSA) is 54.0 Å². The van der Waals surface area contributed by atoms with Crippen molar-refractivity contribution in [1.29, 1.82) is 0 Å². The Labute approximate surface area is 143 Å². The number of hydrogen-bond donors (Lipinski definition) is 2. The van der Waals surface area contributed by atoms with Gasteiger partial charge in [-0.2, -0.15) is 0 Å². The van der Waals surface area contributed by atoms with E-state index in [9.17, 15) is 9.18 Å². The molecule has 122 valence electrons. The standard InChI is InChI=1S/C18H16FN3OS/c1-12-21-17(11-24-12)14-4-2-13(3-5-14)10-20-18(23)22-16-8-6-15(19)7-9-16/h2-9,11H,10H2,1H3,(H2,20,22,23). The highest BCUT2D eigenvalue weighted by atomic mass is 32.1. The number of anilines is 1. The van der Waals surface area contributed by atoms with E-state index in [2.05, 4.69) is 15.6 Å². The summed E-state index contributed by atoms with van der Waals surface area (Å²) in [6, 6.07) is 13.2. The van der Waals surface area contributed by atoms with Crippen molar-refractivity contribution in [2.75, 3.05) is 5.32 Å². The average Bonchev–Trinajstić information content (AvgIpc) is 3.02. The lowest BCUT2D eigenvalue weighted by molar-refractivity contribution is 0.251. The van der Waals surface area contributed by atoms with E-state index in [1.807, 2.05) is 36.6 Å². The van der Waals surface area contributed by atoms with Crippen LogP contribution in [-0.2, 0) is 6.54 Å². The lowest BCUT2D eigenvalue weighted by Gasteiger charge is -2.08. The van der Waals surface area contributed by atoms with E-state index in [0.717, 1.165) is 21.8 Å². The second kappa shape index (κ2) is 7.23. The summed E-state index contributed by atoms with van der Waals surface area (Å²) in [5.41, 5.74) is 3.55. The van der Waals surface area contributed by atoms with Gasteiger partial charge in [-0.25, -0.2) is 14.2 Å². The number of aromatic nitrogens is 1. The highest BCUT2D eigenvalue weighted by molar-refractivity contribution is 7.09. The number of amides is 2. The normalized spacial score (nSPS) is 10.4. The number of carbonyl (C=O) groups is 1. The molecular weight excluding hydrogens is 325 g/mol. The van der Waals surface area contributed by atoms with Crippen molar-refractivity contribution in [3.63, 3.8) is 0 Å². The number of halogens is 1. The molecule has 0 saturated carbocycles. The average molecular weight is 341 g/mol. The van der Waals surface area contributed by atoms with Crippen molar-refractivity contribution in [3.8, 4) is 11.3 Å². The molecule has 24 heavy (non-hydrogen) atoms. The molecular formula is C18H16FN3OS. The van der Waals surface area contributed by atoms with Gasteiger partial charge in [0.05, 0.1) is 10.7 Å². The van der Waals surface area contributed by atoms with Gasteiger partial charge in [0.1, 0.15) is 5.82 Å². The maximum absolute atomic E-state index is 12.8. The molecule has 3 rings (SSSR count). The fourth-order valence-electron chi connectivity index (χ4n) is 2.18. The number of benzene rings is 2. The van der Waals surface area contributed by atoms with Crippen LogP contribution in [0.3, 0.4) is 0 Å². The van der Waals surface area contributed by atoms with Gasteiger partial charge in [0, 0.05) is 23.2 Å². The Morgan fingerprint density at radius 2 is 1.83 bits per heavy atom. The highest BCUT2D eigenvalue weighted by Crippen LogP contribution is 2.21. The molecule has 0 bridgehead atoms. The summed E-state index contributed by atoms with van der Waals surface area (Å²) in [6.45, 7) is 2.38. The molecule has 0 aliphatic carbocycles. The number of rotatable bonds is 4. The number of aryl methyl sites for hydroxylation is 1. The first-order chi connectivity index (χ1) is 11.6. The molecule has 0 unspecified atom stereocenters. The van der Waals surface area contributed by atoms with E-state index in [4.69, 9.17) is 0 Å². The number of nitrogens with one attached hydrogen (secondary N) is 2. The minimum Gasteiger partial charge on any atom is -0.334 e. The Morgan fingerprint density at radius 3 is 2.46 bits per heavy atom. The number of hydrogen-bond acceptors (Lipinski definition) is 3. The minimum absolute atomic E-state index is 0.333. The second-order valence-corrected chi connectivity index (χ2v) is 6.33. The summed E-state index contributed by atoms with van der Waals surface area (Å²) >= 11 is 1.62. The van der Waals surface area contributed by atoms with Gasteiger partial charge < -0.3 is 10.6 Å². The van der Waals surface area contributed by atoms with E-state index in [1.165, 1.54) is 24.3 Å². The summed E-state index contributed by atoms with van der Waals surface area (Å²) < 4.78 is 12.8. The van der Waals surface area contributed by atoms with Crippen LogP contribution in [0.25, 0.3) is 11.3 Å². The smallest absolute Gasteiger partial charge is 0.319 e.